The SMILES string of the molecule is COc1ccc2nc(CCN(C)C(=O)CN3CC[C@@H](N(C)C)C3)[nH]c2c1. The van der Waals surface area contributed by atoms with Crippen LogP contribution in [-0.4, -0.2) is 91.0 Å². The first-order valence-electron chi connectivity index (χ1n) is 9.11. The minimum atomic E-state index is 0.169. The number of likely N-dealkylation sites (N-methyl/N-ethyl adjacent to an activating group) is 2. The van der Waals surface area contributed by atoms with Crippen molar-refractivity contribution in [1.82, 2.24) is 24.7 Å². The lowest BCUT2D eigenvalue weighted by Gasteiger charge is -2.22. The highest BCUT2D eigenvalue weighted by Crippen LogP contribution is 2.19. The highest BCUT2D eigenvalue weighted by Gasteiger charge is 2.26. The summed E-state index contributed by atoms with van der Waals surface area (Å²) in [5.74, 6) is 1.87. The molecule has 1 aliphatic rings. The maximum Gasteiger partial charge on any atom is 0.236 e. The van der Waals surface area contributed by atoms with E-state index in [0.717, 1.165) is 42.1 Å². The van der Waals surface area contributed by atoms with E-state index in [1.165, 1.54) is 0 Å². The van der Waals surface area contributed by atoms with Crippen LogP contribution in [-0.2, 0) is 11.2 Å². The smallest absolute Gasteiger partial charge is 0.236 e. The standard InChI is InChI=1S/C19H29N5O2/c1-22(2)14-7-10-24(12-14)13-19(25)23(3)9-8-18-20-16-6-5-15(26-4)11-17(16)21-18/h5-6,11,14H,7-10,12-13H2,1-4H3,(H,20,21)/t14-/m1/s1. The van der Waals surface area contributed by atoms with Crippen molar-refractivity contribution >= 4 is 16.9 Å². The van der Waals surface area contributed by atoms with Gasteiger partial charge in [0.1, 0.15) is 11.6 Å². The monoisotopic (exact) mass is 359 g/mol. The van der Waals surface area contributed by atoms with Crippen LogP contribution in [0.4, 0.5) is 0 Å². The molecular weight excluding hydrogens is 330 g/mol. The molecule has 1 N–H and O–H groups in total. The number of rotatable bonds is 7. The number of ether oxygens (including phenoxy) is 1. The third kappa shape index (κ3) is 4.34. The highest BCUT2D eigenvalue weighted by molar-refractivity contribution is 5.78. The molecule has 1 aliphatic heterocycles. The van der Waals surface area contributed by atoms with Gasteiger partial charge in [-0.15, -0.1) is 0 Å². The lowest BCUT2D eigenvalue weighted by atomic mass is 10.2. The van der Waals surface area contributed by atoms with E-state index in [2.05, 4.69) is 33.9 Å². The van der Waals surface area contributed by atoms with Crippen LogP contribution in [0.1, 0.15) is 12.2 Å². The van der Waals surface area contributed by atoms with Gasteiger partial charge in [-0.25, -0.2) is 4.98 Å². The van der Waals surface area contributed by atoms with Gasteiger partial charge in [0.25, 0.3) is 0 Å². The van der Waals surface area contributed by atoms with Crippen molar-refractivity contribution in [3.8, 4) is 5.75 Å². The van der Waals surface area contributed by atoms with Gasteiger partial charge in [0.05, 0.1) is 24.7 Å². The molecule has 1 fully saturated rings. The molecule has 142 valence electrons. The molecule has 1 aromatic heterocycles. The molecule has 0 bridgehead atoms. The van der Waals surface area contributed by atoms with Crippen LogP contribution in [0.3, 0.4) is 0 Å². The Hall–Kier alpha value is -2.12. The lowest BCUT2D eigenvalue weighted by molar-refractivity contribution is -0.130. The maximum absolute atomic E-state index is 12.5. The van der Waals surface area contributed by atoms with Crippen LogP contribution in [0.2, 0.25) is 0 Å². The zero-order valence-corrected chi connectivity index (χ0v) is 16.2. The normalized spacial score (nSPS) is 18.0. The van der Waals surface area contributed by atoms with E-state index >= 15 is 0 Å². The summed E-state index contributed by atoms with van der Waals surface area (Å²) in [5.41, 5.74) is 1.88. The molecule has 1 saturated heterocycles. The van der Waals surface area contributed by atoms with Crippen LogP contribution < -0.4 is 4.74 Å². The maximum atomic E-state index is 12.5. The van der Waals surface area contributed by atoms with Crippen molar-refractivity contribution in [2.75, 3.05) is 54.4 Å². The molecule has 0 radical (unpaired) electrons. The second kappa shape index (κ2) is 8.05. The van der Waals surface area contributed by atoms with E-state index in [4.69, 9.17) is 4.74 Å². The number of aromatic nitrogens is 2. The minimum Gasteiger partial charge on any atom is -0.497 e. The van der Waals surface area contributed by atoms with E-state index in [1.807, 2.05) is 25.2 Å². The third-order valence-electron chi connectivity index (χ3n) is 5.18. The Bertz CT molecular complexity index is 757. The van der Waals surface area contributed by atoms with Crippen LogP contribution in [0.25, 0.3) is 11.0 Å². The number of methoxy groups -OCH3 is 1. The molecule has 26 heavy (non-hydrogen) atoms. The summed E-state index contributed by atoms with van der Waals surface area (Å²) in [4.78, 5) is 26.7. The first kappa shape index (κ1) is 18.7. The molecule has 1 amide bonds. The van der Waals surface area contributed by atoms with E-state index in [0.29, 0.717) is 25.6 Å². The largest absolute Gasteiger partial charge is 0.497 e. The number of carbonyl (C=O) groups is 1. The van der Waals surface area contributed by atoms with Gasteiger partial charge < -0.3 is 19.5 Å². The van der Waals surface area contributed by atoms with Gasteiger partial charge in [0.2, 0.25) is 5.91 Å². The molecule has 1 aromatic carbocycles. The fourth-order valence-electron chi connectivity index (χ4n) is 3.37. The fraction of sp³-hybridized carbons (Fsp3) is 0.579. The number of likely N-dealkylation sites (tertiary alicyclic amines) is 1. The number of benzene rings is 1. The Labute approximate surface area is 154 Å². The van der Waals surface area contributed by atoms with E-state index in [9.17, 15) is 4.79 Å². The van der Waals surface area contributed by atoms with Crippen molar-refractivity contribution in [2.45, 2.75) is 18.9 Å². The van der Waals surface area contributed by atoms with E-state index < -0.39 is 0 Å². The van der Waals surface area contributed by atoms with Crippen LogP contribution >= 0.6 is 0 Å². The highest BCUT2D eigenvalue weighted by atomic mass is 16.5. The molecule has 3 rings (SSSR count). The summed E-state index contributed by atoms with van der Waals surface area (Å²) >= 11 is 0. The summed E-state index contributed by atoms with van der Waals surface area (Å²) < 4.78 is 5.24. The Morgan fingerprint density at radius 1 is 1.38 bits per heavy atom. The first-order valence-corrected chi connectivity index (χ1v) is 9.11. The van der Waals surface area contributed by atoms with Crippen molar-refractivity contribution in [1.29, 1.82) is 0 Å². The zero-order chi connectivity index (χ0) is 18.7. The molecule has 1 atom stereocenters. The summed E-state index contributed by atoms with van der Waals surface area (Å²) in [5, 5.41) is 0. The number of nitrogens with zero attached hydrogens (tertiary/aromatic N) is 4. The van der Waals surface area contributed by atoms with Crippen molar-refractivity contribution in [3.05, 3.63) is 24.0 Å². The van der Waals surface area contributed by atoms with Gasteiger partial charge in [-0.05, 0) is 32.6 Å². The number of nitrogens with one attached hydrogen (secondary N) is 1. The van der Waals surface area contributed by atoms with E-state index in [-0.39, 0.29) is 5.91 Å². The summed E-state index contributed by atoms with van der Waals surface area (Å²) in [6.07, 6.45) is 1.84. The number of hydrogen-bond donors (Lipinski definition) is 1. The molecule has 0 saturated carbocycles. The van der Waals surface area contributed by atoms with Gasteiger partial charge in [-0.1, -0.05) is 0 Å². The number of carbonyl (C=O) groups excluding carboxylic acids is 1. The van der Waals surface area contributed by atoms with Crippen molar-refractivity contribution in [2.24, 2.45) is 0 Å². The summed E-state index contributed by atoms with van der Waals surface area (Å²) in [6.45, 7) is 3.12. The summed E-state index contributed by atoms with van der Waals surface area (Å²) in [6, 6.07) is 6.34. The first-order chi connectivity index (χ1) is 12.5. The lowest BCUT2D eigenvalue weighted by Crippen LogP contribution is -2.39. The fourth-order valence-corrected chi connectivity index (χ4v) is 3.37. The van der Waals surface area contributed by atoms with Crippen LogP contribution in [0.5, 0.6) is 5.75 Å². The Morgan fingerprint density at radius 3 is 2.88 bits per heavy atom. The number of amides is 1. The molecule has 7 heteroatoms. The second-order valence-electron chi connectivity index (χ2n) is 7.27. The van der Waals surface area contributed by atoms with Crippen molar-refractivity contribution < 1.29 is 9.53 Å². The topological polar surface area (TPSA) is 64.7 Å². The third-order valence-corrected chi connectivity index (χ3v) is 5.18. The van der Waals surface area contributed by atoms with Crippen LogP contribution in [0, 0.1) is 0 Å². The molecule has 2 heterocycles. The molecule has 0 spiro atoms. The van der Waals surface area contributed by atoms with Crippen molar-refractivity contribution in [3.63, 3.8) is 0 Å². The number of imidazole rings is 1. The van der Waals surface area contributed by atoms with Gasteiger partial charge in [0, 0.05) is 45.2 Å². The number of fused-ring (bicyclic) bond motifs is 1. The van der Waals surface area contributed by atoms with Gasteiger partial charge in [0.15, 0.2) is 0 Å². The van der Waals surface area contributed by atoms with Crippen LogP contribution in [0.15, 0.2) is 18.2 Å². The summed E-state index contributed by atoms with van der Waals surface area (Å²) in [7, 11) is 7.73. The predicted octanol–water partition coefficient (Wildman–Crippen LogP) is 1.21. The van der Waals surface area contributed by atoms with Gasteiger partial charge in [-0.2, -0.15) is 0 Å². The Balaban J connectivity index is 1.50. The molecule has 0 aliphatic carbocycles. The zero-order valence-electron chi connectivity index (χ0n) is 16.2. The molecular formula is C19H29N5O2. The number of H-pyrrole nitrogens is 1. The predicted molar refractivity (Wildman–Crippen MR) is 103 cm³/mol. The molecule has 0 unspecified atom stereocenters. The van der Waals surface area contributed by atoms with Gasteiger partial charge >= 0.3 is 0 Å². The Morgan fingerprint density at radius 2 is 2.19 bits per heavy atom. The van der Waals surface area contributed by atoms with Gasteiger partial charge in [-0.3, -0.25) is 9.69 Å². The second-order valence-corrected chi connectivity index (χ2v) is 7.27. The minimum absolute atomic E-state index is 0.169. The quantitative estimate of drug-likeness (QED) is 0.805. The molecule has 7 nitrogen and oxygen atoms in total. The van der Waals surface area contributed by atoms with E-state index in [1.54, 1.807) is 12.0 Å². The number of hydrogen-bond acceptors (Lipinski definition) is 5. The Kier molecular flexibility index (Phi) is 5.78. The average Bonchev–Trinajstić information content (AvgIpc) is 3.25. The molecule has 2 aromatic rings. The number of aromatic amines is 1. The average molecular weight is 359 g/mol.